The number of phenolic OH excluding ortho intramolecular Hbond substituents is 1. The third kappa shape index (κ3) is 4.64. The molecule has 0 unspecified atom stereocenters. The van der Waals surface area contributed by atoms with E-state index in [0.717, 1.165) is 16.7 Å². The first kappa shape index (κ1) is 17.2. The molecule has 0 aliphatic rings. The van der Waals surface area contributed by atoms with Crippen molar-refractivity contribution in [3.8, 4) is 11.5 Å². The molecule has 0 saturated heterocycles. The molecular formula is C20H21ClO2. The second kappa shape index (κ2) is 7.89. The predicted molar refractivity (Wildman–Crippen MR) is 98.2 cm³/mol. The van der Waals surface area contributed by atoms with E-state index in [4.69, 9.17) is 16.3 Å². The highest BCUT2D eigenvalue weighted by molar-refractivity contribution is 6.32. The molecule has 0 aliphatic heterocycles. The fourth-order valence-corrected chi connectivity index (χ4v) is 2.44. The van der Waals surface area contributed by atoms with Gasteiger partial charge >= 0.3 is 0 Å². The van der Waals surface area contributed by atoms with Crippen molar-refractivity contribution in [3.63, 3.8) is 0 Å². The van der Waals surface area contributed by atoms with Crippen molar-refractivity contribution >= 4 is 23.8 Å². The summed E-state index contributed by atoms with van der Waals surface area (Å²) < 4.78 is 5.43. The first-order valence-corrected chi connectivity index (χ1v) is 7.85. The van der Waals surface area contributed by atoms with E-state index in [1.165, 1.54) is 5.57 Å². The Morgan fingerprint density at radius 3 is 2.57 bits per heavy atom. The molecule has 0 amide bonds. The number of aromatic hydroxyl groups is 1. The topological polar surface area (TPSA) is 29.5 Å². The Kier molecular flexibility index (Phi) is 5.89. The van der Waals surface area contributed by atoms with Gasteiger partial charge in [0.05, 0.1) is 7.11 Å². The molecule has 0 fully saturated rings. The van der Waals surface area contributed by atoms with Gasteiger partial charge < -0.3 is 9.84 Å². The van der Waals surface area contributed by atoms with Gasteiger partial charge in [0.2, 0.25) is 0 Å². The fraction of sp³-hybridized carbons (Fsp3) is 0.200. The molecule has 0 atom stereocenters. The van der Waals surface area contributed by atoms with Gasteiger partial charge in [-0.1, -0.05) is 53.6 Å². The monoisotopic (exact) mass is 328 g/mol. The Balaban J connectivity index is 2.33. The largest absolute Gasteiger partial charge is 0.507 e. The number of phenols is 1. The van der Waals surface area contributed by atoms with Crippen molar-refractivity contribution in [3.05, 3.63) is 69.8 Å². The van der Waals surface area contributed by atoms with E-state index in [-0.39, 0.29) is 5.75 Å². The van der Waals surface area contributed by atoms with Crippen molar-refractivity contribution < 1.29 is 9.84 Å². The molecule has 0 bridgehead atoms. The number of benzene rings is 2. The maximum Gasteiger partial charge on any atom is 0.126 e. The Hall–Kier alpha value is -2.19. The van der Waals surface area contributed by atoms with Crippen LogP contribution < -0.4 is 4.74 Å². The number of hydrogen-bond acceptors (Lipinski definition) is 2. The lowest BCUT2D eigenvalue weighted by molar-refractivity contribution is 0.401. The van der Waals surface area contributed by atoms with Crippen molar-refractivity contribution in [1.29, 1.82) is 0 Å². The lowest BCUT2D eigenvalue weighted by Crippen LogP contribution is -1.93. The molecule has 0 aromatic heterocycles. The lowest BCUT2D eigenvalue weighted by Gasteiger charge is -2.11. The van der Waals surface area contributed by atoms with Crippen molar-refractivity contribution in [2.24, 2.45) is 0 Å². The van der Waals surface area contributed by atoms with E-state index < -0.39 is 0 Å². The maximum absolute atomic E-state index is 10.3. The molecule has 2 nitrogen and oxygen atoms in total. The van der Waals surface area contributed by atoms with Gasteiger partial charge in [-0.3, -0.25) is 0 Å². The van der Waals surface area contributed by atoms with Crippen LogP contribution in [0.1, 0.15) is 30.5 Å². The van der Waals surface area contributed by atoms with Crippen LogP contribution in [0.15, 0.2) is 48.0 Å². The number of hydrogen-bond donors (Lipinski definition) is 1. The van der Waals surface area contributed by atoms with E-state index in [2.05, 4.69) is 6.08 Å². The average molecular weight is 329 g/mol. The second-order valence-corrected chi connectivity index (χ2v) is 5.97. The predicted octanol–water partition coefficient (Wildman–Crippen LogP) is 5.73. The fourth-order valence-electron chi connectivity index (χ4n) is 2.24. The summed E-state index contributed by atoms with van der Waals surface area (Å²) in [5, 5.41) is 11.0. The highest BCUT2D eigenvalue weighted by Crippen LogP contribution is 2.31. The highest BCUT2D eigenvalue weighted by atomic mass is 35.5. The number of rotatable bonds is 5. The van der Waals surface area contributed by atoms with E-state index in [1.54, 1.807) is 13.2 Å². The molecular weight excluding hydrogens is 308 g/mol. The van der Waals surface area contributed by atoms with Gasteiger partial charge in [-0.2, -0.15) is 0 Å². The van der Waals surface area contributed by atoms with Crippen LogP contribution in [0.5, 0.6) is 11.5 Å². The summed E-state index contributed by atoms with van der Waals surface area (Å²) in [5.74, 6) is 0.918. The molecule has 1 N–H and O–H groups in total. The molecule has 0 heterocycles. The average Bonchev–Trinajstić information content (AvgIpc) is 2.52. The molecule has 0 radical (unpaired) electrons. The Morgan fingerprint density at radius 2 is 1.91 bits per heavy atom. The zero-order chi connectivity index (χ0) is 16.8. The summed E-state index contributed by atoms with van der Waals surface area (Å²) in [5.41, 5.74) is 3.79. The first-order chi connectivity index (χ1) is 11.0. The van der Waals surface area contributed by atoms with Crippen molar-refractivity contribution in [2.45, 2.75) is 20.3 Å². The molecule has 120 valence electrons. The van der Waals surface area contributed by atoms with E-state index in [9.17, 15) is 5.11 Å². The number of allylic oxidation sites excluding steroid dienone is 2. The summed E-state index contributed by atoms with van der Waals surface area (Å²) in [7, 11) is 1.61. The molecule has 3 heteroatoms. The molecule has 0 saturated carbocycles. The van der Waals surface area contributed by atoms with Crippen LogP contribution in [0.3, 0.4) is 0 Å². The smallest absolute Gasteiger partial charge is 0.126 e. The van der Waals surface area contributed by atoms with Crippen LogP contribution in [0.4, 0.5) is 0 Å². The summed E-state index contributed by atoms with van der Waals surface area (Å²) in [6, 6.07) is 11.3. The molecule has 2 rings (SSSR count). The Labute approximate surface area is 142 Å². The van der Waals surface area contributed by atoms with Crippen LogP contribution in [-0.2, 0) is 6.42 Å². The van der Waals surface area contributed by atoms with Crippen LogP contribution in [0.25, 0.3) is 12.2 Å². The molecule has 2 aromatic rings. The zero-order valence-corrected chi connectivity index (χ0v) is 14.4. The SMILES string of the molecule is COc1cc(/C=C/c2ccccc2Cl)cc(O)c1CC=C(C)C. The summed E-state index contributed by atoms with van der Waals surface area (Å²) >= 11 is 6.14. The van der Waals surface area contributed by atoms with E-state index >= 15 is 0 Å². The second-order valence-electron chi connectivity index (χ2n) is 5.56. The van der Waals surface area contributed by atoms with Crippen molar-refractivity contribution in [1.82, 2.24) is 0 Å². The highest BCUT2D eigenvalue weighted by Gasteiger charge is 2.09. The van der Waals surface area contributed by atoms with E-state index in [1.807, 2.05) is 56.3 Å². The van der Waals surface area contributed by atoms with Gasteiger partial charge in [-0.15, -0.1) is 0 Å². The van der Waals surface area contributed by atoms with Gasteiger partial charge in [0.15, 0.2) is 0 Å². The number of halogens is 1. The van der Waals surface area contributed by atoms with E-state index in [0.29, 0.717) is 17.2 Å². The van der Waals surface area contributed by atoms with Gasteiger partial charge in [0, 0.05) is 10.6 Å². The quantitative estimate of drug-likeness (QED) is 0.560. The van der Waals surface area contributed by atoms with Crippen LogP contribution in [-0.4, -0.2) is 12.2 Å². The molecule has 2 aromatic carbocycles. The standard InChI is InChI=1S/C20H21ClO2/c1-14(2)8-11-17-19(22)12-15(13-20(17)23-3)9-10-16-6-4-5-7-18(16)21/h4-10,12-13,22H,11H2,1-3H3/b10-9+. The summed E-state index contributed by atoms with van der Waals surface area (Å²) in [6.07, 6.45) is 6.54. The normalized spacial score (nSPS) is 10.8. The lowest BCUT2D eigenvalue weighted by atomic mass is 10.0. The van der Waals surface area contributed by atoms with Gasteiger partial charge in [0.1, 0.15) is 11.5 Å². The maximum atomic E-state index is 10.3. The first-order valence-electron chi connectivity index (χ1n) is 7.47. The van der Waals surface area contributed by atoms with Gasteiger partial charge in [-0.25, -0.2) is 0 Å². The number of ether oxygens (including phenoxy) is 1. The van der Waals surface area contributed by atoms with Crippen molar-refractivity contribution in [2.75, 3.05) is 7.11 Å². The van der Waals surface area contributed by atoms with Gasteiger partial charge in [0.25, 0.3) is 0 Å². The summed E-state index contributed by atoms with van der Waals surface area (Å²) in [4.78, 5) is 0. The minimum atomic E-state index is 0.237. The third-order valence-corrected chi connectivity index (χ3v) is 3.85. The van der Waals surface area contributed by atoms with Crippen LogP contribution in [0, 0.1) is 0 Å². The molecule has 0 spiro atoms. The van der Waals surface area contributed by atoms with Crippen LogP contribution >= 0.6 is 11.6 Å². The number of methoxy groups -OCH3 is 1. The zero-order valence-electron chi connectivity index (χ0n) is 13.6. The molecule has 23 heavy (non-hydrogen) atoms. The Bertz CT molecular complexity index is 741. The van der Waals surface area contributed by atoms with Gasteiger partial charge in [-0.05, 0) is 49.6 Å². The van der Waals surface area contributed by atoms with Crippen LogP contribution in [0.2, 0.25) is 5.02 Å². The summed E-state index contributed by atoms with van der Waals surface area (Å²) in [6.45, 7) is 4.06. The Morgan fingerprint density at radius 1 is 1.17 bits per heavy atom. The minimum absolute atomic E-state index is 0.237. The molecule has 0 aliphatic carbocycles. The minimum Gasteiger partial charge on any atom is -0.507 e. The third-order valence-electron chi connectivity index (χ3n) is 3.50.